The van der Waals surface area contributed by atoms with Crippen molar-refractivity contribution >= 4 is 55.6 Å². The molecule has 0 aliphatic rings. The van der Waals surface area contributed by atoms with E-state index in [1.54, 1.807) is 41.8 Å². The van der Waals surface area contributed by atoms with E-state index in [1.807, 2.05) is 29.6 Å². The van der Waals surface area contributed by atoms with Gasteiger partial charge in [0.25, 0.3) is 0 Å². The summed E-state index contributed by atoms with van der Waals surface area (Å²) in [5.74, 6) is 1.43. The van der Waals surface area contributed by atoms with Gasteiger partial charge in [-0.25, -0.2) is 4.98 Å². The van der Waals surface area contributed by atoms with Gasteiger partial charge in [-0.2, -0.15) is 10.1 Å². The van der Waals surface area contributed by atoms with Gasteiger partial charge in [0.05, 0.1) is 21.9 Å². The SMILES string of the molecule is Oc1ccc(Nc2nc(Nc3ccc4[nH]ncc4c3)c3sccc3n2)cc1. The van der Waals surface area contributed by atoms with Crippen LogP contribution in [0.3, 0.4) is 0 Å². The number of phenolic OH excluding ortho intramolecular Hbond substituents is 1. The van der Waals surface area contributed by atoms with Gasteiger partial charge in [0.2, 0.25) is 5.95 Å². The van der Waals surface area contributed by atoms with E-state index in [2.05, 4.69) is 30.8 Å². The van der Waals surface area contributed by atoms with Gasteiger partial charge in [-0.15, -0.1) is 11.3 Å². The van der Waals surface area contributed by atoms with Crippen molar-refractivity contribution in [3.8, 4) is 5.75 Å². The van der Waals surface area contributed by atoms with Gasteiger partial charge in [0, 0.05) is 16.8 Å². The predicted molar refractivity (Wildman–Crippen MR) is 108 cm³/mol. The Morgan fingerprint density at radius 2 is 1.78 bits per heavy atom. The van der Waals surface area contributed by atoms with Gasteiger partial charge in [0.15, 0.2) is 5.82 Å². The highest BCUT2D eigenvalue weighted by Crippen LogP contribution is 2.31. The largest absolute Gasteiger partial charge is 0.508 e. The van der Waals surface area contributed by atoms with Crippen LogP contribution in [0.1, 0.15) is 0 Å². The Morgan fingerprint density at radius 3 is 2.67 bits per heavy atom. The Morgan fingerprint density at radius 1 is 0.926 bits per heavy atom. The Bertz CT molecular complexity index is 1240. The number of thiophene rings is 1. The van der Waals surface area contributed by atoms with Gasteiger partial charge in [-0.3, -0.25) is 5.10 Å². The molecular formula is C19H14N6OS. The normalized spacial score (nSPS) is 11.1. The first-order valence-corrected chi connectivity index (χ1v) is 9.14. The number of rotatable bonds is 4. The van der Waals surface area contributed by atoms with Crippen LogP contribution in [-0.4, -0.2) is 25.3 Å². The van der Waals surface area contributed by atoms with Crippen molar-refractivity contribution in [2.24, 2.45) is 0 Å². The van der Waals surface area contributed by atoms with Crippen LogP contribution in [0.4, 0.5) is 23.1 Å². The molecule has 0 atom stereocenters. The van der Waals surface area contributed by atoms with E-state index < -0.39 is 0 Å². The fraction of sp³-hybridized carbons (Fsp3) is 0. The van der Waals surface area contributed by atoms with Crippen LogP contribution in [0.2, 0.25) is 0 Å². The fourth-order valence-electron chi connectivity index (χ4n) is 2.84. The number of nitrogens with one attached hydrogen (secondary N) is 3. The molecule has 4 N–H and O–H groups in total. The number of H-pyrrole nitrogens is 1. The molecule has 0 saturated heterocycles. The maximum absolute atomic E-state index is 9.43. The number of aromatic nitrogens is 4. The second-order valence-electron chi connectivity index (χ2n) is 6.00. The van der Waals surface area contributed by atoms with E-state index in [9.17, 15) is 5.11 Å². The average Bonchev–Trinajstić information content (AvgIpc) is 3.32. The maximum Gasteiger partial charge on any atom is 0.229 e. The number of benzene rings is 2. The van der Waals surface area contributed by atoms with Crippen molar-refractivity contribution < 1.29 is 5.11 Å². The van der Waals surface area contributed by atoms with Crippen molar-refractivity contribution in [3.05, 3.63) is 60.1 Å². The van der Waals surface area contributed by atoms with Gasteiger partial charge in [-0.1, -0.05) is 0 Å². The van der Waals surface area contributed by atoms with Gasteiger partial charge < -0.3 is 15.7 Å². The van der Waals surface area contributed by atoms with E-state index in [0.29, 0.717) is 5.95 Å². The van der Waals surface area contributed by atoms with Gasteiger partial charge in [0.1, 0.15) is 5.75 Å². The summed E-state index contributed by atoms with van der Waals surface area (Å²) in [5, 5.41) is 26.0. The highest BCUT2D eigenvalue weighted by atomic mass is 32.1. The fourth-order valence-corrected chi connectivity index (χ4v) is 3.61. The number of hydrogen-bond donors (Lipinski definition) is 4. The summed E-state index contributed by atoms with van der Waals surface area (Å²) in [5.41, 5.74) is 3.57. The molecule has 5 rings (SSSR count). The maximum atomic E-state index is 9.43. The number of phenols is 1. The van der Waals surface area contributed by atoms with Gasteiger partial charge in [-0.05, 0) is 53.9 Å². The minimum absolute atomic E-state index is 0.215. The molecule has 3 aromatic heterocycles. The molecule has 2 aromatic carbocycles. The first-order valence-electron chi connectivity index (χ1n) is 8.26. The summed E-state index contributed by atoms with van der Waals surface area (Å²) in [4.78, 5) is 9.21. The minimum atomic E-state index is 0.215. The summed E-state index contributed by atoms with van der Waals surface area (Å²) >= 11 is 1.59. The van der Waals surface area contributed by atoms with E-state index in [4.69, 9.17) is 0 Å². The zero-order chi connectivity index (χ0) is 18.2. The van der Waals surface area contributed by atoms with Crippen molar-refractivity contribution in [2.45, 2.75) is 0 Å². The quantitative estimate of drug-likeness (QED) is 0.339. The molecule has 0 bridgehead atoms. The molecule has 0 spiro atoms. The second kappa shape index (κ2) is 6.26. The van der Waals surface area contributed by atoms with Gasteiger partial charge >= 0.3 is 0 Å². The summed E-state index contributed by atoms with van der Waals surface area (Å²) < 4.78 is 0.985. The summed E-state index contributed by atoms with van der Waals surface area (Å²) in [7, 11) is 0. The standard InChI is InChI=1S/C19H14N6OS/c26-14-4-1-12(2-5-14)22-19-23-16-7-8-27-17(16)18(24-19)21-13-3-6-15-11(9-13)10-20-25-15/h1-10,26H,(H,20,25)(H2,21,22,23,24). The molecule has 0 amide bonds. The Hall–Kier alpha value is -3.65. The number of aromatic amines is 1. The van der Waals surface area contributed by atoms with E-state index in [-0.39, 0.29) is 5.75 Å². The van der Waals surface area contributed by atoms with Crippen LogP contribution in [0.15, 0.2) is 60.1 Å². The second-order valence-corrected chi connectivity index (χ2v) is 6.92. The highest BCUT2D eigenvalue weighted by Gasteiger charge is 2.10. The molecule has 0 fully saturated rings. The Kier molecular flexibility index (Phi) is 3.61. The average molecular weight is 374 g/mol. The molecule has 0 aliphatic heterocycles. The first kappa shape index (κ1) is 15.6. The van der Waals surface area contributed by atoms with Crippen molar-refractivity contribution in [1.29, 1.82) is 0 Å². The lowest BCUT2D eigenvalue weighted by atomic mass is 10.2. The molecule has 8 heteroatoms. The third-order valence-corrected chi connectivity index (χ3v) is 5.04. The number of aromatic hydroxyl groups is 1. The summed E-state index contributed by atoms with van der Waals surface area (Å²) in [6, 6.07) is 14.7. The first-order chi connectivity index (χ1) is 13.2. The van der Waals surface area contributed by atoms with Crippen LogP contribution in [-0.2, 0) is 0 Å². The molecular weight excluding hydrogens is 360 g/mol. The topological polar surface area (TPSA) is 98.8 Å². The van der Waals surface area contributed by atoms with Crippen molar-refractivity contribution in [1.82, 2.24) is 20.2 Å². The molecule has 7 nitrogen and oxygen atoms in total. The molecule has 0 aliphatic carbocycles. The van der Waals surface area contributed by atoms with Crippen LogP contribution < -0.4 is 10.6 Å². The zero-order valence-electron chi connectivity index (χ0n) is 14.0. The zero-order valence-corrected chi connectivity index (χ0v) is 14.8. The van der Waals surface area contributed by atoms with Crippen LogP contribution in [0, 0.1) is 0 Å². The molecule has 5 aromatic rings. The van der Waals surface area contributed by atoms with E-state index in [1.165, 1.54) is 0 Å². The van der Waals surface area contributed by atoms with Crippen LogP contribution >= 0.6 is 11.3 Å². The minimum Gasteiger partial charge on any atom is -0.508 e. The predicted octanol–water partition coefficient (Wildman–Crippen LogP) is 4.76. The molecule has 0 unspecified atom stereocenters. The Labute approximate surface area is 157 Å². The lowest BCUT2D eigenvalue weighted by Crippen LogP contribution is -2.01. The van der Waals surface area contributed by atoms with Crippen LogP contribution in [0.5, 0.6) is 5.75 Å². The lowest BCUT2D eigenvalue weighted by Gasteiger charge is -2.10. The molecule has 27 heavy (non-hydrogen) atoms. The number of fused-ring (bicyclic) bond motifs is 2. The van der Waals surface area contributed by atoms with Crippen LogP contribution in [0.25, 0.3) is 21.1 Å². The number of hydrogen-bond acceptors (Lipinski definition) is 7. The molecule has 132 valence electrons. The van der Waals surface area contributed by atoms with E-state index in [0.717, 1.165) is 38.3 Å². The van der Waals surface area contributed by atoms with Crippen molar-refractivity contribution in [2.75, 3.05) is 10.6 Å². The van der Waals surface area contributed by atoms with Crippen molar-refractivity contribution in [3.63, 3.8) is 0 Å². The number of nitrogens with zero attached hydrogens (tertiary/aromatic N) is 3. The smallest absolute Gasteiger partial charge is 0.229 e. The number of anilines is 4. The Balaban J connectivity index is 1.52. The lowest BCUT2D eigenvalue weighted by molar-refractivity contribution is 0.475. The molecule has 0 saturated carbocycles. The monoisotopic (exact) mass is 374 g/mol. The summed E-state index contributed by atoms with van der Waals surface area (Å²) in [6.07, 6.45) is 1.79. The molecule has 0 radical (unpaired) electrons. The third-order valence-electron chi connectivity index (χ3n) is 4.13. The molecule has 3 heterocycles. The van der Waals surface area contributed by atoms with E-state index >= 15 is 0 Å². The highest BCUT2D eigenvalue weighted by molar-refractivity contribution is 7.17. The third kappa shape index (κ3) is 3.02. The summed E-state index contributed by atoms with van der Waals surface area (Å²) in [6.45, 7) is 0.